The number of carbonyl (C=O) groups excluding carboxylic acids is 2. The lowest BCUT2D eigenvalue weighted by atomic mass is 10.1. The van der Waals surface area contributed by atoms with Crippen LogP contribution in [0.1, 0.15) is 34.0 Å². The van der Waals surface area contributed by atoms with Gasteiger partial charge in [0.25, 0.3) is 5.91 Å². The number of esters is 1. The second-order valence-corrected chi connectivity index (χ2v) is 8.13. The molecule has 0 saturated carbocycles. The highest BCUT2D eigenvalue weighted by molar-refractivity contribution is 5.95. The second kappa shape index (κ2) is 10.8. The van der Waals surface area contributed by atoms with E-state index < -0.39 is 0 Å². The number of hydrogen-bond acceptors (Lipinski definition) is 6. The van der Waals surface area contributed by atoms with Crippen molar-refractivity contribution >= 4 is 23.3 Å². The number of nitrogens with zero attached hydrogens (tertiary/aromatic N) is 2. The standard InChI is InChI=1S/C27H29N5O3/c1-3-35-24(33)17-29-26-25(22-10-5-4-7-18(22)2)31-23-14-21(11-12-32(23)26)27(34)30-16-20-9-6-8-19(13-20)15-28/h4-14,29H,3,15-17,28H2,1-2H3,(H,30,34). The van der Waals surface area contributed by atoms with Crippen LogP contribution < -0.4 is 16.4 Å². The molecule has 8 heteroatoms. The third kappa shape index (κ3) is 5.50. The molecule has 1 amide bonds. The van der Waals surface area contributed by atoms with Gasteiger partial charge in [0, 0.05) is 30.4 Å². The van der Waals surface area contributed by atoms with Gasteiger partial charge in [-0.2, -0.15) is 0 Å². The summed E-state index contributed by atoms with van der Waals surface area (Å²) in [7, 11) is 0. The molecular formula is C27H29N5O3. The fraction of sp³-hybridized carbons (Fsp3) is 0.222. The van der Waals surface area contributed by atoms with Gasteiger partial charge in [-0.05, 0) is 42.7 Å². The highest BCUT2D eigenvalue weighted by Gasteiger charge is 2.18. The fourth-order valence-corrected chi connectivity index (χ4v) is 3.90. The Morgan fingerprint density at radius 1 is 1.06 bits per heavy atom. The highest BCUT2D eigenvalue weighted by atomic mass is 16.5. The van der Waals surface area contributed by atoms with Crippen molar-refractivity contribution in [2.75, 3.05) is 18.5 Å². The lowest BCUT2D eigenvalue weighted by Crippen LogP contribution is -2.23. The molecule has 4 rings (SSSR count). The summed E-state index contributed by atoms with van der Waals surface area (Å²) >= 11 is 0. The van der Waals surface area contributed by atoms with Gasteiger partial charge in [0.2, 0.25) is 0 Å². The molecule has 0 fully saturated rings. The summed E-state index contributed by atoms with van der Waals surface area (Å²) in [4.78, 5) is 29.7. The number of ether oxygens (including phenoxy) is 1. The van der Waals surface area contributed by atoms with Crippen LogP contribution in [0.5, 0.6) is 0 Å². The zero-order chi connectivity index (χ0) is 24.8. The maximum Gasteiger partial charge on any atom is 0.325 e. The second-order valence-electron chi connectivity index (χ2n) is 8.13. The first kappa shape index (κ1) is 24.0. The van der Waals surface area contributed by atoms with E-state index in [0.29, 0.717) is 42.4 Å². The number of hydrogen-bond donors (Lipinski definition) is 3. The predicted molar refractivity (Wildman–Crippen MR) is 136 cm³/mol. The number of aryl methyl sites for hydroxylation is 1. The normalized spacial score (nSPS) is 10.8. The fourth-order valence-electron chi connectivity index (χ4n) is 3.90. The van der Waals surface area contributed by atoms with Gasteiger partial charge in [-0.3, -0.25) is 14.0 Å². The first-order valence-corrected chi connectivity index (χ1v) is 11.5. The van der Waals surface area contributed by atoms with Crippen molar-refractivity contribution in [3.05, 3.63) is 89.1 Å². The summed E-state index contributed by atoms with van der Waals surface area (Å²) in [5, 5.41) is 6.12. The number of nitrogens with one attached hydrogen (secondary N) is 2. The summed E-state index contributed by atoms with van der Waals surface area (Å²) in [5.41, 5.74) is 11.5. The summed E-state index contributed by atoms with van der Waals surface area (Å²) in [6.45, 7) is 4.94. The van der Waals surface area contributed by atoms with Crippen molar-refractivity contribution in [2.24, 2.45) is 5.73 Å². The Morgan fingerprint density at radius 2 is 1.86 bits per heavy atom. The molecule has 0 aliphatic rings. The molecular weight excluding hydrogens is 442 g/mol. The van der Waals surface area contributed by atoms with Gasteiger partial charge >= 0.3 is 5.97 Å². The summed E-state index contributed by atoms with van der Waals surface area (Å²) in [6.07, 6.45) is 1.78. The van der Waals surface area contributed by atoms with Gasteiger partial charge in [0.05, 0.1) is 6.61 Å². The third-order valence-electron chi connectivity index (χ3n) is 5.67. The molecule has 8 nitrogen and oxygen atoms in total. The minimum atomic E-state index is -0.354. The quantitative estimate of drug-likeness (QED) is 0.321. The molecule has 0 spiro atoms. The predicted octanol–water partition coefficient (Wildman–Crippen LogP) is 3.67. The molecule has 0 aliphatic carbocycles. The molecule has 180 valence electrons. The smallest absolute Gasteiger partial charge is 0.325 e. The zero-order valence-electron chi connectivity index (χ0n) is 19.9. The number of benzene rings is 2. The van der Waals surface area contributed by atoms with Crippen molar-refractivity contribution in [1.82, 2.24) is 14.7 Å². The highest BCUT2D eigenvalue weighted by Crippen LogP contribution is 2.31. The molecule has 0 bridgehead atoms. The molecule has 2 aromatic carbocycles. The summed E-state index contributed by atoms with van der Waals surface area (Å²) in [5.74, 6) is 0.105. The molecule has 35 heavy (non-hydrogen) atoms. The van der Waals surface area contributed by atoms with E-state index in [9.17, 15) is 9.59 Å². The lowest BCUT2D eigenvalue weighted by Gasteiger charge is -2.10. The van der Waals surface area contributed by atoms with E-state index in [-0.39, 0.29) is 18.4 Å². The van der Waals surface area contributed by atoms with Crippen LogP contribution in [0.25, 0.3) is 16.9 Å². The van der Waals surface area contributed by atoms with Crippen LogP contribution >= 0.6 is 0 Å². The Balaban J connectivity index is 1.63. The first-order valence-electron chi connectivity index (χ1n) is 11.5. The van der Waals surface area contributed by atoms with Crippen molar-refractivity contribution in [1.29, 1.82) is 0 Å². The zero-order valence-corrected chi connectivity index (χ0v) is 19.9. The average molecular weight is 472 g/mol. The van der Waals surface area contributed by atoms with Gasteiger partial charge < -0.3 is 21.1 Å². The van der Waals surface area contributed by atoms with E-state index in [1.165, 1.54) is 0 Å². The molecule has 0 atom stereocenters. The van der Waals surface area contributed by atoms with E-state index in [4.69, 9.17) is 15.5 Å². The largest absolute Gasteiger partial charge is 0.465 e. The first-order chi connectivity index (χ1) is 17.0. The number of pyridine rings is 1. The Morgan fingerprint density at radius 3 is 2.63 bits per heavy atom. The summed E-state index contributed by atoms with van der Waals surface area (Å²) in [6, 6.07) is 19.2. The monoisotopic (exact) mass is 471 g/mol. The van der Waals surface area contributed by atoms with Gasteiger partial charge in [0.15, 0.2) is 0 Å². The number of amides is 1. The van der Waals surface area contributed by atoms with Crippen LogP contribution in [0.4, 0.5) is 5.82 Å². The molecule has 0 unspecified atom stereocenters. The number of aromatic nitrogens is 2. The van der Waals surface area contributed by atoms with E-state index in [1.54, 1.807) is 25.3 Å². The maximum atomic E-state index is 12.9. The number of anilines is 1. The number of nitrogens with two attached hydrogens (primary N) is 1. The van der Waals surface area contributed by atoms with E-state index >= 15 is 0 Å². The third-order valence-corrected chi connectivity index (χ3v) is 5.67. The maximum absolute atomic E-state index is 12.9. The van der Waals surface area contributed by atoms with Crippen molar-refractivity contribution < 1.29 is 14.3 Å². The summed E-state index contributed by atoms with van der Waals surface area (Å²) < 4.78 is 6.89. The molecule has 4 aromatic rings. The van der Waals surface area contributed by atoms with Gasteiger partial charge in [-0.1, -0.05) is 48.5 Å². The number of rotatable bonds is 9. The van der Waals surface area contributed by atoms with Crippen LogP contribution in [-0.2, 0) is 22.6 Å². The Labute approximate surface area is 204 Å². The lowest BCUT2D eigenvalue weighted by molar-refractivity contribution is -0.140. The van der Waals surface area contributed by atoms with Crippen LogP contribution in [0.15, 0.2) is 66.9 Å². The van der Waals surface area contributed by atoms with Gasteiger partial charge in [0.1, 0.15) is 23.7 Å². The topological polar surface area (TPSA) is 111 Å². The number of carbonyl (C=O) groups is 2. The van der Waals surface area contributed by atoms with E-state index in [2.05, 4.69) is 10.6 Å². The number of imidazole rings is 1. The van der Waals surface area contributed by atoms with Gasteiger partial charge in [-0.25, -0.2) is 4.98 Å². The van der Waals surface area contributed by atoms with Crippen LogP contribution in [0.3, 0.4) is 0 Å². The van der Waals surface area contributed by atoms with Crippen LogP contribution in [0, 0.1) is 6.92 Å². The minimum absolute atomic E-state index is 0.00458. The molecule has 0 radical (unpaired) electrons. The van der Waals surface area contributed by atoms with Crippen LogP contribution in [0.2, 0.25) is 0 Å². The van der Waals surface area contributed by atoms with E-state index in [0.717, 1.165) is 22.3 Å². The Kier molecular flexibility index (Phi) is 7.42. The van der Waals surface area contributed by atoms with Crippen molar-refractivity contribution in [3.8, 4) is 11.3 Å². The van der Waals surface area contributed by atoms with Gasteiger partial charge in [-0.15, -0.1) is 0 Å². The van der Waals surface area contributed by atoms with Crippen molar-refractivity contribution in [2.45, 2.75) is 26.9 Å². The molecule has 2 aromatic heterocycles. The molecule has 0 saturated heterocycles. The van der Waals surface area contributed by atoms with Crippen molar-refractivity contribution in [3.63, 3.8) is 0 Å². The van der Waals surface area contributed by atoms with Crippen LogP contribution in [-0.4, -0.2) is 34.4 Å². The Bertz CT molecular complexity index is 1360. The SMILES string of the molecule is CCOC(=O)CNc1c(-c2ccccc2C)nc2cc(C(=O)NCc3cccc(CN)c3)ccn12. The van der Waals surface area contributed by atoms with E-state index in [1.807, 2.05) is 59.9 Å². The number of fused-ring (bicyclic) bond motifs is 1. The Hall–Kier alpha value is -4.17. The average Bonchev–Trinajstić information content (AvgIpc) is 3.24. The molecule has 2 heterocycles. The molecule has 0 aliphatic heterocycles. The minimum Gasteiger partial charge on any atom is -0.465 e. The molecule has 4 N–H and O–H groups in total.